The Bertz CT molecular complexity index is 1240. The van der Waals surface area contributed by atoms with E-state index in [1.807, 2.05) is 48.3 Å². The highest BCUT2D eigenvalue weighted by Gasteiger charge is 2.41. The van der Waals surface area contributed by atoms with Gasteiger partial charge >= 0.3 is 0 Å². The molecule has 0 aliphatic rings. The lowest BCUT2D eigenvalue weighted by atomic mass is 9.85. The number of benzene rings is 2. The summed E-state index contributed by atoms with van der Waals surface area (Å²) in [6.07, 6.45) is 4.55. The van der Waals surface area contributed by atoms with E-state index in [0.29, 0.717) is 11.6 Å². The Kier molecular flexibility index (Phi) is 7.02. The van der Waals surface area contributed by atoms with Crippen molar-refractivity contribution in [1.29, 1.82) is 0 Å². The van der Waals surface area contributed by atoms with Gasteiger partial charge in [0.25, 0.3) is 0 Å². The maximum atomic E-state index is 14.8. The zero-order chi connectivity index (χ0) is 24.3. The van der Waals surface area contributed by atoms with Crippen molar-refractivity contribution in [3.8, 4) is 11.1 Å². The number of hydrogen-bond acceptors (Lipinski definition) is 5. The maximum Gasteiger partial charge on any atom is 0.137 e. The zero-order valence-corrected chi connectivity index (χ0v) is 19.5. The number of hydrogen-bond donors (Lipinski definition) is 1. The molecule has 6 nitrogen and oxygen atoms in total. The smallest absolute Gasteiger partial charge is 0.137 e. The van der Waals surface area contributed by atoms with E-state index in [1.165, 1.54) is 23.4 Å². The van der Waals surface area contributed by atoms with Crippen molar-refractivity contribution < 1.29 is 13.9 Å². The van der Waals surface area contributed by atoms with E-state index in [1.54, 1.807) is 13.1 Å². The molecule has 1 N–H and O–H groups in total. The highest BCUT2D eigenvalue weighted by atomic mass is 35.5. The first-order valence-electron chi connectivity index (χ1n) is 10.7. The molecule has 2 aromatic heterocycles. The number of pyridine rings is 1. The van der Waals surface area contributed by atoms with Crippen molar-refractivity contribution in [1.82, 2.24) is 24.6 Å². The van der Waals surface area contributed by atoms with Gasteiger partial charge in [-0.25, -0.2) is 18.4 Å². The van der Waals surface area contributed by atoms with Gasteiger partial charge in [0.2, 0.25) is 0 Å². The van der Waals surface area contributed by atoms with Crippen molar-refractivity contribution in [2.24, 2.45) is 0 Å². The first-order valence-corrected chi connectivity index (χ1v) is 11.1. The standard InChI is InChI=1S/C25H24ClF2N5O/c1-17(25(34,14-33-16-29-15-31-33)23-10-8-21(27)11-24(23)28)32(2)13-22-9-5-19(12-30-22)18-3-6-20(26)7-4-18/h3-12,15-17,34H,13-14H2,1-2H3/t17-,25-/m1/s1. The van der Waals surface area contributed by atoms with Crippen LogP contribution in [0.2, 0.25) is 5.02 Å². The molecule has 0 unspecified atom stereocenters. The summed E-state index contributed by atoms with van der Waals surface area (Å²) in [5, 5.41) is 16.5. The van der Waals surface area contributed by atoms with Crippen LogP contribution in [-0.4, -0.2) is 42.8 Å². The SMILES string of the molecule is C[C@@H](N(C)Cc1ccc(-c2ccc(Cl)cc2)cn1)[C@](O)(Cn1cncn1)c1ccc(F)cc1F. The molecule has 4 aromatic rings. The second-order valence-electron chi connectivity index (χ2n) is 8.28. The average molecular weight is 484 g/mol. The lowest BCUT2D eigenvalue weighted by molar-refractivity contribution is -0.0593. The molecule has 176 valence electrons. The molecule has 0 fully saturated rings. The fraction of sp³-hybridized carbons (Fsp3) is 0.240. The molecule has 0 amide bonds. The number of aromatic nitrogens is 4. The van der Waals surface area contributed by atoms with E-state index in [9.17, 15) is 13.9 Å². The fourth-order valence-corrected chi connectivity index (χ4v) is 4.06. The van der Waals surface area contributed by atoms with Gasteiger partial charge < -0.3 is 5.11 Å². The Hall–Kier alpha value is -3.20. The summed E-state index contributed by atoms with van der Waals surface area (Å²) >= 11 is 5.96. The minimum Gasteiger partial charge on any atom is -0.381 e. The van der Waals surface area contributed by atoms with Crippen molar-refractivity contribution in [2.75, 3.05) is 7.05 Å². The van der Waals surface area contributed by atoms with Crippen LogP contribution in [0, 0.1) is 11.6 Å². The zero-order valence-electron chi connectivity index (χ0n) is 18.7. The van der Waals surface area contributed by atoms with Gasteiger partial charge in [-0.2, -0.15) is 5.10 Å². The van der Waals surface area contributed by atoms with Crippen LogP contribution in [0.15, 0.2) is 73.4 Å². The third-order valence-corrected chi connectivity index (χ3v) is 6.29. The molecule has 0 saturated heterocycles. The first kappa shape index (κ1) is 23.9. The van der Waals surface area contributed by atoms with E-state index < -0.39 is 23.3 Å². The molecule has 4 rings (SSSR count). The highest BCUT2D eigenvalue weighted by molar-refractivity contribution is 6.30. The molecule has 2 heterocycles. The molecule has 34 heavy (non-hydrogen) atoms. The number of halogens is 3. The largest absolute Gasteiger partial charge is 0.381 e. The summed E-state index contributed by atoms with van der Waals surface area (Å²) in [6.45, 7) is 2.11. The van der Waals surface area contributed by atoms with Crippen molar-refractivity contribution >= 4 is 11.6 Å². The molecule has 0 radical (unpaired) electrons. The lowest BCUT2D eigenvalue weighted by Crippen LogP contribution is -2.50. The van der Waals surface area contributed by atoms with Gasteiger partial charge in [0.1, 0.15) is 29.9 Å². The fourth-order valence-electron chi connectivity index (χ4n) is 3.93. The quantitative estimate of drug-likeness (QED) is 0.394. The Balaban J connectivity index is 1.57. The molecule has 0 bridgehead atoms. The van der Waals surface area contributed by atoms with E-state index in [0.717, 1.165) is 29.0 Å². The number of rotatable bonds is 8. The van der Waals surface area contributed by atoms with Crippen molar-refractivity contribution in [3.63, 3.8) is 0 Å². The summed E-state index contributed by atoms with van der Waals surface area (Å²) < 4.78 is 29.8. The van der Waals surface area contributed by atoms with Crippen LogP contribution >= 0.6 is 11.6 Å². The molecule has 2 atom stereocenters. The van der Waals surface area contributed by atoms with E-state index in [2.05, 4.69) is 15.1 Å². The lowest BCUT2D eigenvalue weighted by Gasteiger charge is -2.39. The van der Waals surface area contributed by atoms with Gasteiger partial charge in [0, 0.05) is 41.0 Å². The molecular formula is C25H24ClF2N5O. The minimum atomic E-state index is -1.72. The van der Waals surface area contributed by atoms with Gasteiger partial charge in [-0.15, -0.1) is 0 Å². The first-order chi connectivity index (χ1) is 16.3. The predicted molar refractivity (Wildman–Crippen MR) is 126 cm³/mol. The molecule has 9 heteroatoms. The van der Waals surface area contributed by atoms with Gasteiger partial charge in [-0.3, -0.25) is 9.88 Å². The number of likely N-dealkylation sites (N-methyl/N-ethyl adjacent to an activating group) is 1. The van der Waals surface area contributed by atoms with Crippen LogP contribution in [0.4, 0.5) is 8.78 Å². The van der Waals surface area contributed by atoms with Gasteiger partial charge in [-0.05, 0) is 43.8 Å². The summed E-state index contributed by atoms with van der Waals surface area (Å²) in [5.74, 6) is -1.54. The summed E-state index contributed by atoms with van der Waals surface area (Å²) in [7, 11) is 1.81. The molecular weight excluding hydrogens is 460 g/mol. The highest BCUT2D eigenvalue weighted by Crippen LogP contribution is 2.33. The van der Waals surface area contributed by atoms with Crippen LogP contribution < -0.4 is 0 Å². The van der Waals surface area contributed by atoms with E-state index >= 15 is 0 Å². The van der Waals surface area contributed by atoms with Crippen LogP contribution in [0.5, 0.6) is 0 Å². The normalized spacial score (nSPS) is 14.2. The van der Waals surface area contributed by atoms with Crippen LogP contribution in [0.1, 0.15) is 18.2 Å². The molecule has 0 spiro atoms. The van der Waals surface area contributed by atoms with Crippen molar-refractivity contribution in [2.45, 2.75) is 31.7 Å². The maximum absolute atomic E-state index is 14.8. The molecule has 0 aliphatic heterocycles. The summed E-state index contributed by atoms with van der Waals surface area (Å²) in [6, 6.07) is 14.0. The Morgan fingerprint density at radius 2 is 1.82 bits per heavy atom. The number of aliphatic hydroxyl groups is 1. The monoisotopic (exact) mass is 483 g/mol. The average Bonchev–Trinajstić information content (AvgIpc) is 3.32. The summed E-state index contributed by atoms with van der Waals surface area (Å²) in [5.41, 5.74) is 0.986. The third-order valence-electron chi connectivity index (χ3n) is 6.03. The number of nitrogens with zero attached hydrogens (tertiary/aromatic N) is 5. The predicted octanol–water partition coefficient (Wildman–Crippen LogP) is 4.68. The molecule has 0 saturated carbocycles. The van der Waals surface area contributed by atoms with Crippen LogP contribution in [0.25, 0.3) is 11.1 Å². The third kappa shape index (κ3) is 5.14. The Labute approximate surface area is 201 Å². The molecule has 0 aliphatic carbocycles. The van der Waals surface area contributed by atoms with E-state index in [4.69, 9.17) is 11.6 Å². The second kappa shape index (κ2) is 9.97. The Morgan fingerprint density at radius 1 is 1.09 bits per heavy atom. The van der Waals surface area contributed by atoms with Gasteiger partial charge in [0.15, 0.2) is 0 Å². The topological polar surface area (TPSA) is 67.1 Å². The minimum absolute atomic E-state index is 0.0187. The van der Waals surface area contributed by atoms with Crippen LogP contribution in [-0.2, 0) is 18.7 Å². The van der Waals surface area contributed by atoms with Gasteiger partial charge in [0.05, 0.1) is 12.2 Å². The van der Waals surface area contributed by atoms with Crippen LogP contribution in [0.3, 0.4) is 0 Å². The second-order valence-corrected chi connectivity index (χ2v) is 8.71. The summed E-state index contributed by atoms with van der Waals surface area (Å²) in [4.78, 5) is 10.3. The van der Waals surface area contributed by atoms with E-state index in [-0.39, 0.29) is 12.1 Å². The van der Waals surface area contributed by atoms with Gasteiger partial charge in [-0.1, -0.05) is 35.9 Å². The van der Waals surface area contributed by atoms with Crippen molar-refractivity contribution in [3.05, 3.63) is 101 Å². The Morgan fingerprint density at radius 3 is 2.44 bits per heavy atom. The molecule has 2 aromatic carbocycles.